The van der Waals surface area contributed by atoms with Crippen LogP contribution in [0, 0.1) is 0 Å². The monoisotopic (exact) mass is 494 g/mol. The molecule has 1 aromatic rings. The van der Waals surface area contributed by atoms with Crippen LogP contribution in [0.25, 0.3) is 0 Å². The predicted octanol–water partition coefficient (Wildman–Crippen LogP) is 4.75. The summed E-state index contributed by atoms with van der Waals surface area (Å²) in [5.74, 6) is 0. The lowest BCUT2D eigenvalue weighted by Crippen LogP contribution is -2.43. The number of anilines is 2. The van der Waals surface area contributed by atoms with E-state index in [0.29, 0.717) is 24.0 Å². The van der Waals surface area contributed by atoms with E-state index in [2.05, 4.69) is 41.6 Å². The molecule has 7 heteroatoms. The third-order valence-corrected chi connectivity index (χ3v) is 6.87. The summed E-state index contributed by atoms with van der Waals surface area (Å²) in [6.45, 7) is 10.7. The van der Waals surface area contributed by atoms with Gasteiger partial charge in [0.05, 0.1) is 6.10 Å². The number of hydrogen-bond acceptors (Lipinski definition) is 7. The highest BCUT2D eigenvalue weighted by atomic mass is 16.5. The van der Waals surface area contributed by atoms with Crippen LogP contribution in [0.3, 0.4) is 0 Å². The minimum atomic E-state index is -0.418. The van der Waals surface area contributed by atoms with Crippen LogP contribution >= 0.6 is 0 Å². The van der Waals surface area contributed by atoms with Crippen LogP contribution in [0.2, 0.25) is 0 Å². The second-order valence-corrected chi connectivity index (χ2v) is 10.2. The second kappa shape index (κ2) is 19.7. The van der Waals surface area contributed by atoms with Gasteiger partial charge >= 0.3 is 0 Å². The molecule has 0 aromatic heterocycles. The molecule has 1 atom stereocenters. The Kier molecular flexibility index (Phi) is 17.8. The summed E-state index contributed by atoms with van der Waals surface area (Å²) >= 11 is 0. The molecule has 0 saturated heterocycles. The van der Waals surface area contributed by atoms with Crippen LogP contribution < -0.4 is 26.8 Å². The van der Waals surface area contributed by atoms with Crippen molar-refractivity contribution in [2.45, 2.75) is 110 Å². The number of methoxy groups -OCH3 is 1. The van der Waals surface area contributed by atoms with E-state index < -0.39 is 10.9 Å². The van der Waals surface area contributed by atoms with E-state index in [-0.39, 0.29) is 6.10 Å². The Labute approximate surface area is 214 Å². The maximum Gasteiger partial charge on any atom is 0.253 e. The minimum Gasteiger partial charge on any atom is -0.380 e. The van der Waals surface area contributed by atoms with Crippen molar-refractivity contribution in [1.82, 2.24) is 10.2 Å². The molecule has 204 valence electrons. The maximum absolute atomic E-state index is 12.1. The van der Waals surface area contributed by atoms with E-state index >= 15 is 0 Å². The van der Waals surface area contributed by atoms with Gasteiger partial charge in [0.25, 0.3) is 10.9 Å². The molecule has 0 aliphatic heterocycles. The van der Waals surface area contributed by atoms with Crippen molar-refractivity contribution in [3.05, 3.63) is 20.4 Å². The average Bonchev–Trinajstić information content (AvgIpc) is 2.86. The van der Waals surface area contributed by atoms with Gasteiger partial charge in [-0.15, -0.1) is 0 Å². The molecule has 35 heavy (non-hydrogen) atoms. The van der Waals surface area contributed by atoms with E-state index in [1.807, 2.05) is 7.05 Å². The SMILES string of the molecule is CCCCCCCCCCCCNc1c(NCC(CN(CCCCNC)C(C)C)OC)c(=O)c1=O. The number of hydrogen-bond donors (Lipinski definition) is 3. The standard InChI is InChI=1S/C28H54N4O3/c1-6-7-8-9-10-11-12-13-14-15-19-30-25-26(28(34)27(25)33)31-21-24(35-5)22-32(23(2)3)20-17-16-18-29-4/h23-24,29-31H,6-22H2,1-5H3. The average molecular weight is 495 g/mol. The molecule has 0 aliphatic carbocycles. The Hall–Kier alpha value is -1.44. The van der Waals surface area contributed by atoms with Crippen LogP contribution in [0.4, 0.5) is 11.4 Å². The van der Waals surface area contributed by atoms with E-state index in [0.717, 1.165) is 51.9 Å². The van der Waals surface area contributed by atoms with Gasteiger partial charge in [-0.1, -0.05) is 64.7 Å². The largest absolute Gasteiger partial charge is 0.380 e. The topological polar surface area (TPSA) is 82.7 Å². The van der Waals surface area contributed by atoms with E-state index in [1.165, 1.54) is 51.4 Å². The summed E-state index contributed by atoms with van der Waals surface area (Å²) in [5, 5.41) is 9.59. The minimum absolute atomic E-state index is 0.0547. The lowest BCUT2D eigenvalue weighted by Gasteiger charge is -2.30. The number of ether oxygens (including phenoxy) is 1. The molecule has 1 rings (SSSR count). The smallest absolute Gasteiger partial charge is 0.253 e. The molecular formula is C28H54N4O3. The summed E-state index contributed by atoms with van der Waals surface area (Å²) in [6, 6.07) is 0.423. The Bertz CT molecular complexity index is 715. The van der Waals surface area contributed by atoms with Crippen molar-refractivity contribution >= 4 is 11.4 Å². The Morgan fingerprint density at radius 2 is 1.31 bits per heavy atom. The van der Waals surface area contributed by atoms with Gasteiger partial charge in [0.1, 0.15) is 11.4 Å². The fourth-order valence-corrected chi connectivity index (χ4v) is 4.43. The van der Waals surface area contributed by atoms with E-state index in [4.69, 9.17) is 4.74 Å². The summed E-state index contributed by atoms with van der Waals surface area (Å²) < 4.78 is 5.69. The van der Waals surface area contributed by atoms with E-state index in [1.54, 1.807) is 7.11 Å². The summed E-state index contributed by atoms with van der Waals surface area (Å²) in [7, 11) is 3.69. The molecule has 0 heterocycles. The maximum atomic E-state index is 12.1. The van der Waals surface area contributed by atoms with E-state index in [9.17, 15) is 9.59 Å². The third kappa shape index (κ3) is 12.9. The normalized spacial score (nSPS) is 12.7. The Morgan fingerprint density at radius 3 is 1.86 bits per heavy atom. The van der Waals surface area contributed by atoms with Gasteiger partial charge in [-0.2, -0.15) is 0 Å². The zero-order valence-corrected chi connectivity index (χ0v) is 23.3. The molecule has 1 aromatic carbocycles. The first-order valence-electron chi connectivity index (χ1n) is 14.2. The highest BCUT2D eigenvalue weighted by Crippen LogP contribution is 2.16. The van der Waals surface area contributed by atoms with Crippen LogP contribution in [0.1, 0.15) is 97.8 Å². The molecule has 0 spiro atoms. The van der Waals surface area contributed by atoms with Crippen molar-refractivity contribution in [1.29, 1.82) is 0 Å². The molecular weight excluding hydrogens is 440 g/mol. The Balaban J connectivity index is 2.34. The fourth-order valence-electron chi connectivity index (χ4n) is 4.43. The van der Waals surface area contributed by atoms with Gasteiger partial charge in [-0.3, -0.25) is 14.5 Å². The number of rotatable bonds is 24. The quantitative estimate of drug-likeness (QED) is 0.141. The molecule has 0 radical (unpaired) electrons. The van der Waals surface area contributed by atoms with Crippen LogP contribution in [0.5, 0.6) is 0 Å². The zero-order chi connectivity index (χ0) is 25.9. The van der Waals surface area contributed by atoms with Gasteiger partial charge in [0, 0.05) is 32.8 Å². The van der Waals surface area contributed by atoms with Crippen LogP contribution in [-0.2, 0) is 4.74 Å². The Morgan fingerprint density at radius 1 is 0.771 bits per heavy atom. The molecule has 1 unspecified atom stereocenters. The first kappa shape index (κ1) is 31.6. The van der Waals surface area contributed by atoms with Crippen molar-refractivity contribution in [3.8, 4) is 0 Å². The lowest BCUT2D eigenvalue weighted by molar-refractivity contribution is 0.0610. The van der Waals surface area contributed by atoms with Crippen LogP contribution in [-0.4, -0.2) is 63.9 Å². The number of unbranched alkanes of at least 4 members (excludes halogenated alkanes) is 10. The predicted molar refractivity (Wildman–Crippen MR) is 151 cm³/mol. The molecule has 0 amide bonds. The molecule has 0 fully saturated rings. The van der Waals surface area contributed by atoms with Crippen LogP contribution in [0.15, 0.2) is 9.59 Å². The van der Waals surface area contributed by atoms with Crippen molar-refractivity contribution in [2.75, 3.05) is 57.5 Å². The highest BCUT2D eigenvalue weighted by Gasteiger charge is 2.22. The summed E-state index contributed by atoms with van der Waals surface area (Å²) in [4.78, 5) is 26.6. The zero-order valence-electron chi connectivity index (χ0n) is 23.3. The van der Waals surface area contributed by atoms with Crippen molar-refractivity contribution < 1.29 is 4.74 Å². The highest BCUT2D eigenvalue weighted by molar-refractivity contribution is 5.73. The first-order valence-corrected chi connectivity index (χ1v) is 14.2. The molecule has 3 N–H and O–H groups in total. The number of nitrogens with one attached hydrogen (secondary N) is 3. The second-order valence-electron chi connectivity index (χ2n) is 10.2. The number of nitrogens with zero attached hydrogens (tertiary/aromatic N) is 1. The summed E-state index contributed by atoms with van der Waals surface area (Å²) in [6.07, 6.45) is 15.0. The van der Waals surface area contributed by atoms with Gasteiger partial charge in [0.15, 0.2) is 0 Å². The lowest BCUT2D eigenvalue weighted by atomic mass is 10.1. The first-order chi connectivity index (χ1) is 17.0. The van der Waals surface area contributed by atoms with Gasteiger partial charge in [0.2, 0.25) is 0 Å². The van der Waals surface area contributed by atoms with Gasteiger partial charge < -0.3 is 20.7 Å². The molecule has 7 nitrogen and oxygen atoms in total. The van der Waals surface area contributed by atoms with Gasteiger partial charge in [-0.05, 0) is 53.2 Å². The molecule has 0 aliphatic rings. The fraction of sp³-hybridized carbons (Fsp3) is 0.857. The van der Waals surface area contributed by atoms with Gasteiger partial charge in [-0.25, -0.2) is 0 Å². The molecule has 0 bridgehead atoms. The molecule has 0 saturated carbocycles. The summed E-state index contributed by atoms with van der Waals surface area (Å²) in [5.41, 5.74) is 0.0582. The van der Waals surface area contributed by atoms with Crippen molar-refractivity contribution in [3.63, 3.8) is 0 Å². The third-order valence-electron chi connectivity index (χ3n) is 6.87. The van der Waals surface area contributed by atoms with Crippen molar-refractivity contribution in [2.24, 2.45) is 0 Å².